The van der Waals surface area contributed by atoms with Crippen molar-refractivity contribution in [1.82, 2.24) is 24.0 Å². The summed E-state index contributed by atoms with van der Waals surface area (Å²) in [6.07, 6.45) is 4.61. The van der Waals surface area contributed by atoms with E-state index < -0.39 is 15.8 Å². The van der Waals surface area contributed by atoms with E-state index in [0.29, 0.717) is 16.8 Å². The molecule has 0 bridgehead atoms. The van der Waals surface area contributed by atoms with Gasteiger partial charge in [-0.15, -0.1) is 0 Å². The third-order valence-corrected chi connectivity index (χ3v) is 7.14. The molecule has 1 aromatic carbocycles. The summed E-state index contributed by atoms with van der Waals surface area (Å²) in [7, 11) is -2.15. The maximum absolute atomic E-state index is 13.8. The Labute approximate surface area is 180 Å². The molecule has 4 rings (SSSR count). The van der Waals surface area contributed by atoms with E-state index in [4.69, 9.17) is 0 Å². The number of hydrogen-bond acceptors (Lipinski definition) is 5. The van der Waals surface area contributed by atoms with Gasteiger partial charge in [-0.2, -0.15) is 9.40 Å². The van der Waals surface area contributed by atoms with Gasteiger partial charge in [0, 0.05) is 57.4 Å². The third-order valence-electron chi connectivity index (χ3n) is 5.24. The number of hydrogen-bond donors (Lipinski definition) is 0. The standard InChI is InChI=1S/C21H22FN5O3S/c1-25-15-19(21(24-25)17-6-4-8-23-14-17)31(29,30)27-11-9-26(10-12-27)20(28)13-16-5-2-3-7-18(16)22/h2-8,14-15H,9-13H2,1H3. The van der Waals surface area contributed by atoms with E-state index >= 15 is 0 Å². The number of benzene rings is 1. The van der Waals surface area contributed by atoms with Gasteiger partial charge in [0.1, 0.15) is 16.4 Å². The van der Waals surface area contributed by atoms with Crippen molar-refractivity contribution in [2.24, 2.45) is 7.05 Å². The normalized spacial score (nSPS) is 15.2. The molecule has 3 heterocycles. The van der Waals surface area contributed by atoms with Crippen LogP contribution in [0.2, 0.25) is 0 Å². The lowest BCUT2D eigenvalue weighted by atomic mass is 10.1. The average Bonchev–Trinajstić information content (AvgIpc) is 3.18. The van der Waals surface area contributed by atoms with Crippen LogP contribution in [0.4, 0.5) is 4.39 Å². The SMILES string of the molecule is Cn1cc(S(=O)(=O)N2CCN(C(=O)Cc3ccccc3F)CC2)c(-c2cccnc2)n1. The van der Waals surface area contributed by atoms with Crippen LogP contribution in [0.5, 0.6) is 0 Å². The summed E-state index contributed by atoms with van der Waals surface area (Å²) >= 11 is 0. The molecule has 0 N–H and O–H groups in total. The molecule has 10 heteroatoms. The van der Waals surface area contributed by atoms with E-state index in [1.807, 2.05) is 0 Å². The van der Waals surface area contributed by atoms with E-state index in [1.54, 1.807) is 54.7 Å². The summed E-state index contributed by atoms with van der Waals surface area (Å²) in [5.41, 5.74) is 1.29. The second kappa shape index (κ2) is 8.56. The van der Waals surface area contributed by atoms with Gasteiger partial charge in [0.05, 0.1) is 6.42 Å². The molecule has 1 aliphatic heterocycles. The van der Waals surface area contributed by atoms with Crippen molar-refractivity contribution < 1.29 is 17.6 Å². The Morgan fingerprint density at radius 3 is 2.52 bits per heavy atom. The molecule has 0 atom stereocenters. The predicted octanol–water partition coefficient (Wildman–Crippen LogP) is 1.70. The zero-order chi connectivity index (χ0) is 22.0. The monoisotopic (exact) mass is 443 g/mol. The van der Waals surface area contributed by atoms with Gasteiger partial charge >= 0.3 is 0 Å². The van der Waals surface area contributed by atoms with Crippen LogP contribution >= 0.6 is 0 Å². The van der Waals surface area contributed by atoms with Crippen molar-refractivity contribution in [3.05, 3.63) is 66.4 Å². The fourth-order valence-corrected chi connectivity index (χ4v) is 5.20. The fourth-order valence-electron chi connectivity index (χ4n) is 3.59. The van der Waals surface area contributed by atoms with Gasteiger partial charge in [0.25, 0.3) is 0 Å². The molecule has 31 heavy (non-hydrogen) atoms. The Hall–Kier alpha value is -3.11. The highest BCUT2D eigenvalue weighted by atomic mass is 32.2. The largest absolute Gasteiger partial charge is 0.340 e. The van der Waals surface area contributed by atoms with Crippen LogP contribution in [0.25, 0.3) is 11.3 Å². The molecule has 1 aliphatic rings. The fraction of sp³-hybridized carbons (Fsp3) is 0.286. The van der Waals surface area contributed by atoms with Crippen molar-refractivity contribution in [2.45, 2.75) is 11.3 Å². The number of aromatic nitrogens is 3. The lowest BCUT2D eigenvalue weighted by molar-refractivity contribution is -0.131. The van der Waals surface area contributed by atoms with Crippen molar-refractivity contribution >= 4 is 15.9 Å². The number of carbonyl (C=O) groups excluding carboxylic acids is 1. The zero-order valence-corrected chi connectivity index (χ0v) is 17.8. The molecule has 3 aromatic rings. The van der Waals surface area contributed by atoms with Crippen LogP contribution in [0.1, 0.15) is 5.56 Å². The minimum Gasteiger partial charge on any atom is -0.340 e. The number of amides is 1. The topological polar surface area (TPSA) is 88.4 Å². The summed E-state index contributed by atoms with van der Waals surface area (Å²) in [4.78, 5) is 18.3. The molecule has 2 aromatic heterocycles. The summed E-state index contributed by atoms with van der Waals surface area (Å²) in [5.74, 6) is -0.642. The molecule has 0 spiro atoms. The van der Waals surface area contributed by atoms with Gasteiger partial charge in [0.2, 0.25) is 15.9 Å². The predicted molar refractivity (Wildman–Crippen MR) is 112 cm³/mol. The molecule has 8 nitrogen and oxygen atoms in total. The van der Waals surface area contributed by atoms with Crippen LogP contribution in [0.15, 0.2) is 59.9 Å². The molecule has 1 fully saturated rings. The first-order valence-electron chi connectivity index (χ1n) is 9.81. The van der Waals surface area contributed by atoms with E-state index in [-0.39, 0.29) is 43.4 Å². The van der Waals surface area contributed by atoms with Gasteiger partial charge < -0.3 is 4.90 Å². The first-order chi connectivity index (χ1) is 14.9. The van der Waals surface area contributed by atoms with Crippen LogP contribution in [0.3, 0.4) is 0 Å². The Morgan fingerprint density at radius 2 is 1.84 bits per heavy atom. The molecule has 1 saturated heterocycles. The molecule has 0 saturated carbocycles. The summed E-state index contributed by atoms with van der Waals surface area (Å²) in [6, 6.07) is 9.64. The zero-order valence-electron chi connectivity index (χ0n) is 17.0. The molecule has 162 valence electrons. The van der Waals surface area contributed by atoms with Crippen LogP contribution in [-0.2, 0) is 28.3 Å². The summed E-state index contributed by atoms with van der Waals surface area (Å²) < 4.78 is 43.3. The molecule has 0 unspecified atom stereocenters. The second-order valence-corrected chi connectivity index (χ2v) is 9.22. The van der Waals surface area contributed by atoms with Crippen molar-refractivity contribution in [3.63, 3.8) is 0 Å². The van der Waals surface area contributed by atoms with Gasteiger partial charge in [-0.3, -0.25) is 14.5 Å². The van der Waals surface area contributed by atoms with Crippen LogP contribution in [0, 0.1) is 5.82 Å². The van der Waals surface area contributed by atoms with Crippen LogP contribution < -0.4 is 0 Å². The average molecular weight is 444 g/mol. The van der Waals surface area contributed by atoms with Gasteiger partial charge in [-0.05, 0) is 23.8 Å². The van der Waals surface area contributed by atoms with Crippen molar-refractivity contribution in [1.29, 1.82) is 0 Å². The highest BCUT2D eigenvalue weighted by Crippen LogP contribution is 2.28. The second-order valence-electron chi connectivity index (χ2n) is 7.31. The van der Waals surface area contributed by atoms with E-state index in [9.17, 15) is 17.6 Å². The Morgan fingerprint density at radius 1 is 1.10 bits per heavy atom. The lowest BCUT2D eigenvalue weighted by Crippen LogP contribution is -2.50. The maximum Gasteiger partial charge on any atom is 0.246 e. The van der Waals surface area contributed by atoms with Crippen molar-refractivity contribution in [2.75, 3.05) is 26.2 Å². The Balaban J connectivity index is 1.48. The lowest BCUT2D eigenvalue weighted by Gasteiger charge is -2.34. The summed E-state index contributed by atoms with van der Waals surface area (Å²) in [5, 5.41) is 4.31. The molecule has 0 radical (unpaired) electrons. The minimum atomic E-state index is -3.81. The number of aryl methyl sites for hydroxylation is 1. The number of nitrogens with zero attached hydrogens (tertiary/aromatic N) is 5. The minimum absolute atomic E-state index is 0.0484. The van der Waals surface area contributed by atoms with Crippen molar-refractivity contribution in [3.8, 4) is 11.3 Å². The molecular weight excluding hydrogens is 421 g/mol. The highest BCUT2D eigenvalue weighted by molar-refractivity contribution is 7.89. The quantitative estimate of drug-likeness (QED) is 0.599. The van der Waals surface area contributed by atoms with E-state index in [1.165, 1.54) is 21.3 Å². The number of piperazine rings is 1. The van der Waals surface area contributed by atoms with E-state index in [2.05, 4.69) is 10.1 Å². The molecule has 0 aliphatic carbocycles. The summed E-state index contributed by atoms with van der Waals surface area (Å²) in [6.45, 7) is 0.809. The Bertz CT molecular complexity index is 1190. The smallest absolute Gasteiger partial charge is 0.246 e. The molecule has 1 amide bonds. The number of rotatable bonds is 5. The molecular formula is C21H22FN5O3S. The Kier molecular flexibility index (Phi) is 5.84. The van der Waals surface area contributed by atoms with Gasteiger partial charge in [0.15, 0.2) is 0 Å². The number of carbonyl (C=O) groups is 1. The first-order valence-corrected chi connectivity index (χ1v) is 11.3. The maximum atomic E-state index is 13.8. The number of sulfonamides is 1. The number of halogens is 1. The number of pyridine rings is 1. The third kappa shape index (κ3) is 4.35. The van der Waals surface area contributed by atoms with Crippen LogP contribution in [-0.4, -0.2) is 64.5 Å². The van der Waals surface area contributed by atoms with E-state index in [0.717, 1.165) is 0 Å². The first kappa shape index (κ1) is 21.1. The highest BCUT2D eigenvalue weighted by Gasteiger charge is 2.33. The van der Waals surface area contributed by atoms with Gasteiger partial charge in [-0.1, -0.05) is 18.2 Å². The van der Waals surface area contributed by atoms with Gasteiger partial charge in [-0.25, -0.2) is 12.8 Å².